The molecule has 1 N–H and O–H groups in total. The predicted molar refractivity (Wildman–Crippen MR) is 87.7 cm³/mol. The summed E-state index contributed by atoms with van der Waals surface area (Å²) in [5.74, 6) is -0.542. The van der Waals surface area contributed by atoms with Crippen molar-refractivity contribution >= 4 is 28.8 Å². The number of anilines is 1. The van der Waals surface area contributed by atoms with Gasteiger partial charge in [-0.2, -0.15) is 0 Å². The summed E-state index contributed by atoms with van der Waals surface area (Å²) >= 11 is 1.49. The van der Waals surface area contributed by atoms with E-state index in [0.717, 1.165) is 10.6 Å². The molecule has 22 heavy (non-hydrogen) atoms. The molecule has 6 heteroatoms. The smallest absolute Gasteiger partial charge is 0.233 e. The lowest BCUT2D eigenvalue weighted by Gasteiger charge is -2.23. The summed E-state index contributed by atoms with van der Waals surface area (Å²) in [5, 5.41) is 5.45. The molecule has 116 valence electrons. The van der Waals surface area contributed by atoms with E-state index in [0.29, 0.717) is 5.69 Å². The molecule has 2 amide bonds. The lowest BCUT2D eigenvalue weighted by atomic mass is 10.2. The van der Waals surface area contributed by atoms with Crippen molar-refractivity contribution in [1.29, 1.82) is 0 Å². The molecule has 0 fully saturated rings. The second-order valence-electron chi connectivity index (χ2n) is 5.14. The van der Waals surface area contributed by atoms with Crippen LogP contribution in [-0.4, -0.2) is 28.7 Å². The summed E-state index contributed by atoms with van der Waals surface area (Å²) in [7, 11) is 1.69. The Morgan fingerprint density at radius 1 is 1.32 bits per heavy atom. The van der Waals surface area contributed by atoms with Gasteiger partial charge in [0.25, 0.3) is 0 Å². The van der Waals surface area contributed by atoms with Crippen LogP contribution in [0.1, 0.15) is 30.0 Å². The van der Waals surface area contributed by atoms with Crippen molar-refractivity contribution < 1.29 is 9.59 Å². The number of amides is 2. The largest absolute Gasteiger partial charge is 0.336 e. The molecule has 1 atom stereocenters. The Morgan fingerprint density at radius 2 is 2.00 bits per heavy atom. The van der Waals surface area contributed by atoms with Gasteiger partial charge in [0.15, 0.2) is 0 Å². The molecular weight excluding hydrogens is 298 g/mol. The molecule has 0 spiro atoms. The molecule has 2 rings (SSSR count). The molecule has 2 aromatic rings. The van der Waals surface area contributed by atoms with Crippen molar-refractivity contribution in [2.75, 3.05) is 12.4 Å². The number of aromatic nitrogens is 1. The summed E-state index contributed by atoms with van der Waals surface area (Å²) in [6.45, 7) is 3.87. The van der Waals surface area contributed by atoms with E-state index < -0.39 is 0 Å². The molecule has 0 bridgehead atoms. The summed E-state index contributed by atoms with van der Waals surface area (Å²) in [6.07, 6.45) is 1.53. The molecule has 0 unspecified atom stereocenters. The summed E-state index contributed by atoms with van der Waals surface area (Å²) in [4.78, 5) is 29.9. The lowest BCUT2D eigenvalue weighted by molar-refractivity contribution is -0.135. The Hall–Kier alpha value is -2.21. The van der Waals surface area contributed by atoms with Gasteiger partial charge in [0.2, 0.25) is 11.8 Å². The molecule has 0 saturated heterocycles. The fraction of sp³-hybridized carbons (Fsp3) is 0.312. The zero-order chi connectivity index (χ0) is 16.1. The first kappa shape index (κ1) is 16.2. The third-order valence-corrected chi connectivity index (χ3v) is 4.38. The minimum absolute atomic E-state index is 0.139. The average Bonchev–Trinajstić information content (AvgIpc) is 3.02. The van der Waals surface area contributed by atoms with E-state index in [1.807, 2.05) is 43.5 Å². The highest BCUT2D eigenvalue weighted by Gasteiger charge is 2.21. The number of hydrogen-bond acceptors (Lipinski definition) is 4. The highest BCUT2D eigenvalue weighted by molar-refractivity contribution is 7.09. The number of rotatable bonds is 5. The van der Waals surface area contributed by atoms with Gasteiger partial charge in [-0.25, -0.2) is 4.98 Å². The zero-order valence-electron chi connectivity index (χ0n) is 12.9. The van der Waals surface area contributed by atoms with E-state index in [9.17, 15) is 9.59 Å². The minimum Gasteiger partial charge on any atom is -0.336 e. The van der Waals surface area contributed by atoms with Gasteiger partial charge in [0, 0.05) is 24.3 Å². The topological polar surface area (TPSA) is 62.3 Å². The van der Waals surface area contributed by atoms with Crippen LogP contribution >= 0.6 is 11.3 Å². The number of nitrogens with zero attached hydrogens (tertiary/aromatic N) is 2. The highest BCUT2D eigenvalue weighted by atomic mass is 32.1. The van der Waals surface area contributed by atoms with Crippen LogP contribution < -0.4 is 5.32 Å². The van der Waals surface area contributed by atoms with Gasteiger partial charge < -0.3 is 10.2 Å². The number of thiazole rings is 1. The number of carbonyl (C=O) groups is 2. The van der Waals surface area contributed by atoms with Crippen LogP contribution in [0.4, 0.5) is 5.69 Å². The Balaban J connectivity index is 1.90. The third kappa shape index (κ3) is 4.14. The van der Waals surface area contributed by atoms with E-state index in [-0.39, 0.29) is 24.3 Å². The zero-order valence-corrected chi connectivity index (χ0v) is 13.7. The number of benzene rings is 1. The summed E-state index contributed by atoms with van der Waals surface area (Å²) < 4.78 is 0. The molecule has 0 aliphatic carbocycles. The number of hydrogen-bond donors (Lipinski definition) is 1. The van der Waals surface area contributed by atoms with Crippen LogP contribution in [0.2, 0.25) is 0 Å². The number of nitrogens with one attached hydrogen (secondary N) is 1. The van der Waals surface area contributed by atoms with Crippen LogP contribution in [0.5, 0.6) is 0 Å². The maximum absolute atomic E-state index is 12.2. The molecule has 1 heterocycles. The predicted octanol–water partition coefficient (Wildman–Crippen LogP) is 3.00. The van der Waals surface area contributed by atoms with Gasteiger partial charge in [-0.1, -0.05) is 17.7 Å². The van der Waals surface area contributed by atoms with E-state index in [2.05, 4.69) is 10.3 Å². The molecular formula is C16H19N3O2S. The average molecular weight is 317 g/mol. The SMILES string of the molecule is Cc1ccc(NC(=O)CC(=O)N(C)[C@@H](C)c2nccs2)cc1. The Labute approximate surface area is 134 Å². The third-order valence-electron chi connectivity index (χ3n) is 3.43. The fourth-order valence-corrected chi connectivity index (χ4v) is 2.66. The van der Waals surface area contributed by atoms with Crippen LogP contribution in [0.25, 0.3) is 0 Å². The molecule has 5 nitrogen and oxygen atoms in total. The molecule has 0 aliphatic rings. The first-order valence-corrected chi connectivity index (χ1v) is 7.87. The monoisotopic (exact) mass is 317 g/mol. The summed E-state index contributed by atoms with van der Waals surface area (Å²) in [6, 6.07) is 7.32. The van der Waals surface area contributed by atoms with Crippen molar-refractivity contribution in [3.05, 3.63) is 46.4 Å². The fourth-order valence-electron chi connectivity index (χ4n) is 1.93. The van der Waals surface area contributed by atoms with E-state index in [1.54, 1.807) is 18.1 Å². The maximum Gasteiger partial charge on any atom is 0.233 e. The quantitative estimate of drug-likeness (QED) is 0.862. The van der Waals surface area contributed by atoms with Crippen LogP contribution in [0.15, 0.2) is 35.8 Å². The van der Waals surface area contributed by atoms with Crippen molar-refractivity contribution in [1.82, 2.24) is 9.88 Å². The lowest BCUT2D eigenvalue weighted by Crippen LogP contribution is -2.32. The Bertz CT molecular complexity index is 638. The van der Waals surface area contributed by atoms with Gasteiger partial charge >= 0.3 is 0 Å². The van der Waals surface area contributed by atoms with Crippen molar-refractivity contribution in [3.63, 3.8) is 0 Å². The maximum atomic E-state index is 12.2. The van der Waals surface area contributed by atoms with Gasteiger partial charge in [0.1, 0.15) is 11.4 Å². The van der Waals surface area contributed by atoms with Crippen LogP contribution in [0, 0.1) is 6.92 Å². The van der Waals surface area contributed by atoms with Crippen LogP contribution in [0.3, 0.4) is 0 Å². The normalized spacial score (nSPS) is 11.8. The van der Waals surface area contributed by atoms with Gasteiger partial charge in [-0.15, -0.1) is 11.3 Å². The van der Waals surface area contributed by atoms with E-state index in [4.69, 9.17) is 0 Å². The standard InChI is InChI=1S/C16H19N3O2S/c1-11-4-6-13(7-5-11)18-14(20)10-15(21)19(3)12(2)16-17-8-9-22-16/h4-9,12H,10H2,1-3H3,(H,18,20)/t12-/m0/s1. The van der Waals surface area contributed by atoms with Gasteiger partial charge in [-0.3, -0.25) is 9.59 Å². The second kappa shape index (κ2) is 7.17. The molecule has 1 aromatic heterocycles. The first-order chi connectivity index (χ1) is 10.5. The molecule has 0 radical (unpaired) electrons. The van der Waals surface area contributed by atoms with Crippen molar-refractivity contribution in [3.8, 4) is 0 Å². The molecule has 1 aromatic carbocycles. The minimum atomic E-state index is -0.313. The Kier molecular flexibility index (Phi) is 5.27. The van der Waals surface area contributed by atoms with Crippen molar-refractivity contribution in [2.24, 2.45) is 0 Å². The van der Waals surface area contributed by atoms with E-state index in [1.165, 1.54) is 11.3 Å². The molecule has 0 saturated carbocycles. The Morgan fingerprint density at radius 3 is 2.59 bits per heavy atom. The van der Waals surface area contributed by atoms with Gasteiger partial charge in [0.05, 0.1) is 6.04 Å². The van der Waals surface area contributed by atoms with Crippen LogP contribution in [-0.2, 0) is 9.59 Å². The van der Waals surface area contributed by atoms with Gasteiger partial charge in [-0.05, 0) is 26.0 Å². The number of aryl methyl sites for hydroxylation is 1. The van der Waals surface area contributed by atoms with Crippen molar-refractivity contribution in [2.45, 2.75) is 26.3 Å². The number of carbonyl (C=O) groups excluding carboxylic acids is 2. The second-order valence-corrected chi connectivity index (χ2v) is 6.07. The summed E-state index contributed by atoms with van der Waals surface area (Å²) in [5.41, 5.74) is 1.81. The highest BCUT2D eigenvalue weighted by Crippen LogP contribution is 2.21. The molecule has 0 aliphatic heterocycles. The first-order valence-electron chi connectivity index (χ1n) is 6.99. The van der Waals surface area contributed by atoms with E-state index >= 15 is 0 Å².